The lowest BCUT2D eigenvalue weighted by Gasteiger charge is -2.18. The number of aliphatic hydroxyl groups excluding tert-OH is 1. The molecule has 0 aliphatic rings. The lowest BCUT2D eigenvalue weighted by atomic mass is 10.0. The number of nitrogens with two attached hydrogens (primary N) is 1. The Morgan fingerprint density at radius 2 is 1.76 bits per heavy atom. The summed E-state index contributed by atoms with van der Waals surface area (Å²) in [5.74, 6) is 0.677. The summed E-state index contributed by atoms with van der Waals surface area (Å²) in [6.07, 6.45) is 2.00. The van der Waals surface area contributed by atoms with E-state index in [-0.39, 0.29) is 11.9 Å². The van der Waals surface area contributed by atoms with E-state index in [9.17, 15) is 15.0 Å². The number of nitrogen functional groups attached to an aromatic ring is 1. The first-order chi connectivity index (χ1) is 16.2. The monoisotopic (exact) mass is 462 g/mol. The van der Waals surface area contributed by atoms with Crippen molar-refractivity contribution in [2.24, 2.45) is 0 Å². The molecule has 34 heavy (non-hydrogen) atoms. The molecule has 0 unspecified atom stereocenters. The van der Waals surface area contributed by atoms with Gasteiger partial charge in [0.2, 0.25) is 5.91 Å². The zero-order chi connectivity index (χ0) is 24.7. The lowest BCUT2D eigenvalue weighted by molar-refractivity contribution is -0.120. The van der Waals surface area contributed by atoms with Crippen LogP contribution in [0.25, 0.3) is 0 Å². The number of aryl methyl sites for hydroxylation is 2. The first-order valence-electron chi connectivity index (χ1n) is 11.5. The molecular formula is C27H34N4O3. The van der Waals surface area contributed by atoms with Crippen LogP contribution in [-0.2, 0) is 24.2 Å². The number of pyridine rings is 1. The van der Waals surface area contributed by atoms with Gasteiger partial charge in [-0.2, -0.15) is 0 Å². The summed E-state index contributed by atoms with van der Waals surface area (Å²) >= 11 is 0. The normalized spacial score (nSPS) is 12.8. The molecule has 0 saturated carbocycles. The van der Waals surface area contributed by atoms with E-state index in [2.05, 4.69) is 22.5 Å². The third-order valence-electron chi connectivity index (χ3n) is 5.79. The van der Waals surface area contributed by atoms with Gasteiger partial charge in [0, 0.05) is 30.9 Å². The maximum atomic E-state index is 12.5. The zero-order valence-corrected chi connectivity index (χ0v) is 20.0. The number of benzene rings is 2. The first-order valence-corrected chi connectivity index (χ1v) is 11.5. The number of hydrogen-bond acceptors (Lipinski definition) is 6. The van der Waals surface area contributed by atoms with Crippen LogP contribution in [-0.4, -0.2) is 33.7 Å². The predicted molar refractivity (Wildman–Crippen MR) is 134 cm³/mol. The van der Waals surface area contributed by atoms with Gasteiger partial charge in [0.1, 0.15) is 11.6 Å². The number of nitrogens with zero attached hydrogens (tertiary/aromatic N) is 1. The second-order valence-electron chi connectivity index (χ2n) is 8.90. The van der Waals surface area contributed by atoms with Crippen LogP contribution in [0.3, 0.4) is 0 Å². The third kappa shape index (κ3) is 7.30. The number of rotatable bonds is 10. The molecule has 3 aromatic rings. The number of carbonyl (C=O) groups excluding carboxylic acids is 1. The van der Waals surface area contributed by atoms with Crippen molar-refractivity contribution in [3.8, 4) is 5.75 Å². The zero-order valence-electron chi connectivity index (χ0n) is 20.0. The Balaban J connectivity index is 1.48. The number of amides is 1. The van der Waals surface area contributed by atoms with Crippen LogP contribution in [0.15, 0.2) is 54.7 Å². The molecule has 2 aromatic carbocycles. The number of carbonyl (C=O) groups is 1. The standard InChI is InChI=1S/C27H34N4O3/c1-17-9-22(10-18(2)27(17)34)14-31-26(33)13-21-6-4-5-20(12-21)11-19(3)29-16-24(32)23-7-8-25(28)30-15-23/h4-10,12,15,19,24,29,32,34H,11,13-14,16H2,1-3H3,(H2,28,30)(H,31,33)/t19-,24-/m1/s1. The van der Waals surface area contributed by atoms with Gasteiger partial charge in [-0.25, -0.2) is 4.98 Å². The summed E-state index contributed by atoms with van der Waals surface area (Å²) in [5, 5.41) is 26.6. The molecule has 1 heterocycles. The van der Waals surface area contributed by atoms with E-state index in [1.807, 2.05) is 50.2 Å². The summed E-state index contributed by atoms with van der Waals surface area (Å²) in [5.41, 5.74) is 11.0. The molecule has 7 nitrogen and oxygen atoms in total. The molecule has 0 saturated heterocycles. The summed E-state index contributed by atoms with van der Waals surface area (Å²) in [6.45, 7) is 6.60. The van der Waals surface area contributed by atoms with E-state index in [0.717, 1.165) is 39.8 Å². The third-order valence-corrected chi connectivity index (χ3v) is 5.79. The van der Waals surface area contributed by atoms with Gasteiger partial charge in [0.05, 0.1) is 12.5 Å². The fraction of sp³-hybridized carbons (Fsp3) is 0.333. The topological polar surface area (TPSA) is 120 Å². The Bertz CT molecular complexity index is 1090. The summed E-state index contributed by atoms with van der Waals surface area (Å²) in [7, 11) is 0. The Morgan fingerprint density at radius 3 is 2.44 bits per heavy atom. The number of phenols is 1. The van der Waals surface area contributed by atoms with Crippen molar-refractivity contribution >= 4 is 11.7 Å². The molecule has 0 aliphatic carbocycles. The van der Waals surface area contributed by atoms with Crippen molar-refractivity contribution in [2.75, 3.05) is 12.3 Å². The molecule has 3 rings (SSSR count). The lowest BCUT2D eigenvalue weighted by Crippen LogP contribution is -2.32. The van der Waals surface area contributed by atoms with E-state index in [1.165, 1.54) is 0 Å². The van der Waals surface area contributed by atoms with E-state index in [4.69, 9.17) is 5.73 Å². The fourth-order valence-corrected chi connectivity index (χ4v) is 3.93. The Labute approximate surface area is 201 Å². The minimum Gasteiger partial charge on any atom is -0.507 e. The molecule has 180 valence electrons. The highest BCUT2D eigenvalue weighted by Crippen LogP contribution is 2.22. The molecule has 6 N–H and O–H groups in total. The van der Waals surface area contributed by atoms with Crippen LogP contribution in [0, 0.1) is 13.8 Å². The van der Waals surface area contributed by atoms with Gasteiger partial charge in [-0.05, 0) is 61.1 Å². The van der Waals surface area contributed by atoms with Crippen molar-refractivity contribution in [1.29, 1.82) is 0 Å². The van der Waals surface area contributed by atoms with Crippen molar-refractivity contribution in [3.05, 3.63) is 88.1 Å². The van der Waals surface area contributed by atoms with Crippen molar-refractivity contribution in [2.45, 2.75) is 52.3 Å². The van der Waals surface area contributed by atoms with Gasteiger partial charge >= 0.3 is 0 Å². The van der Waals surface area contributed by atoms with Gasteiger partial charge < -0.3 is 26.6 Å². The van der Waals surface area contributed by atoms with E-state index >= 15 is 0 Å². The average Bonchev–Trinajstić information content (AvgIpc) is 2.80. The number of hydrogen-bond donors (Lipinski definition) is 5. The van der Waals surface area contributed by atoms with Crippen LogP contribution >= 0.6 is 0 Å². The van der Waals surface area contributed by atoms with Gasteiger partial charge in [0.15, 0.2) is 0 Å². The van der Waals surface area contributed by atoms with Gasteiger partial charge in [-0.15, -0.1) is 0 Å². The van der Waals surface area contributed by atoms with Crippen LogP contribution in [0.1, 0.15) is 46.4 Å². The quantitative estimate of drug-likeness (QED) is 0.316. The number of nitrogens with one attached hydrogen (secondary N) is 2. The molecule has 7 heteroatoms. The van der Waals surface area contributed by atoms with Crippen LogP contribution < -0.4 is 16.4 Å². The molecule has 1 aromatic heterocycles. The Morgan fingerprint density at radius 1 is 1.06 bits per heavy atom. The minimum atomic E-state index is -0.660. The second kappa shape index (κ2) is 11.6. The SMILES string of the molecule is Cc1cc(CNC(=O)Cc2cccc(C[C@@H](C)NC[C@@H](O)c3ccc(N)nc3)c2)cc(C)c1O. The Kier molecular flexibility index (Phi) is 8.62. The predicted octanol–water partition coefficient (Wildman–Crippen LogP) is 3.10. The van der Waals surface area contributed by atoms with Crippen molar-refractivity contribution in [1.82, 2.24) is 15.6 Å². The number of aromatic hydroxyl groups is 1. The minimum absolute atomic E-state index is 0.0491. The summed E-state index contributed by atoms with van der Waals surface area (Å²) < 4.78 is 0. The van der Waals surface area contributed by atoms with Gasteiger partial charge in [-0.1, -0.05) is 42.5 Å². The molecular weight excluding hydrogens is 428 g/mol. The Hall–Kier alpha value is -3.42. The largest absolute Gasteiger partial charge is 0.507 e. The molecule has 0 fully saturated rings. The number of aromatic nitrogens is 1. The highest BCUT2D eigenvalue weighted by atomic mass is 16.3. The highest BCUT2D eigenvalue weighted by Gasteiger charge is 2.12. The number of phenolic OH excluding ortho intramolecular Hbond substituents is 1. The molecule has 0 aliphatic heterocycles. The van der Waals surface area contributed by atoms with E-state index < -0.39 is 6.10 Å². The summed E-state index contributed by atoms with van der Waals surface area (Å²) in [6, 6.07) is 15.4. The molecule has 0 radical (unpaired) electrons. The van der Waals surface area contributed by atoms with Crippen LogP contribution in [0.2, 0.25) is 0 Å². The average molecular weight is 463 g/mol. The van der Waals surface area contributed by atoms with Crippen molar-refractivity contribution < 1.29 is 15.0 Å². The number of aliphatic hydroxyl groups is 1. The first kappa shape index (κ1) is 25.2. The maximum absolute atomic E-state index is 12.5. The van der Waals surface area contributed by atoms with Crippen LogP contribution in [0.4, 0.5) is 5.82 Å². The molecule has 1 amide bonds. The highest BCUT2D eigenvalue weighted by molar-refractivity contribution is 5.78. The molecule has 2 atom stereocenters. The fourth-order valence-electron chi connectivity index (χ4n) is 3.93. The van der Waals surface area contributed by atoms with Crippen molar-refractivity contribution in [3.63, 3.8) is 0 Å². The van der Waals surface area contributed by atoms with Crippen LogP contribution in [0.5, 0.6) is 5.75 Å². The van der Waals surface area contributed by atoms with E-state index in [1.54, 1.807) is 18.3 Å². The second-order valence-corrected chi connectivity index (χ2v) is 8.90. The van der Waals surface area contributed by atoms with Gasteiger partial charge in [-0.3, -0.25) is 4.79 Å². The number of anilines is 1. The van der Waals surface area contributed by atoms with Gasteiger partial charge in [0.25, 0.3) is 0 Å². The summed E-state index contributed by atoms with van der Waals surface area (Å²) in [4.78, 5) is 16.5. The smallest absolute Gasteiger partial charge is 0.224 e. The van der Waals surface area contributed by atoms with E-state index in [0.29, 0.717) is 31.1 Å². The maximum Gasteiger partial charge on any atom is 0.224 e. The molecule has 0 spiro atoms. The molecule has 0 bridgehead atoms.